The summed E-state index contributed by atoms with van der Waals surface area (Å²) in [6.45, 7) is 1.99. The number of carbonyl (C=O) groups is 1. The van der Waals surface area contributed by atoms with Crippen LogP contribution in [0, 0.1) is 17.2 Å². The van der Waals surface area contributed by atoms with E-state index in [4.69, 9.17) is 14.7 Å². The van der Waals surface area contributed by atoms with Crippen LogP contribution in [0.15, 0.2) is 36.8 Å². The summed E-state index contributed by atoms with van der Waals surface area (Å²) in [6.07, 6.45) is 8.00. The van der Waals surface area contributed by atoms with Crippen molar-refractivity contribution in [2.45, 2.75) is 25.7 Å². The fourth-order valence-electron chi connectivity index (χ4n) is 3.34. The van der Waals surface area contributed by atoms with Crippen LogP contribution in [0.2, 0.25) is 0 Å². The van der Waals surface area contributed by atoms with Crippen molar-refractivity contribution in [1.82, 2.24) is 14.9 Å². The van der Waals surface area contributed by atoms with Crippen molar-refractivity contribution < 1.29 is 14.3 Å². The van der Waals surface area contributed by atoms with Crippen LogP contribution >= 0.6 is 0 Å². The molecule has 1 aromatic heterocycles. The number of benzene rings is 1. The second-order valence-electron chi connectivity index (χ2n) is 6.83. The Balaban J connectivity index is 1.51. The largest absolute Gasteiger partial charge is 0.493 e. The number of methoxy groups -OCH3 is 1. The Morgan fingerprint density at radius 3 is 3.00 bits per heavy atom. The molecule has 1 aliphatic heterocycles. The van der Waals surface area contributed by atoms with Gasteiger partial charge in [0.25, 0.3) is 0 Å². The van der Waals surface area contributed by atoms with E-state index in [1.165, 1.54) is 0 Å². The van der Waals surface area contributed by atoms with E-state index in [9.17, 15) is 4.79 Å². The number of piperidine rings is 1. The van der Waals surface area contributed by atoms with E-state index in [0.29, 0.717) is 43.1 Å². The molecule has 0 spiro atoms. The van der Waals surface area contributed by atoms with E-state index in [1.807, 2.05) is 4.90 Å². The summed E-state index contributed by atoms with van der Waals surface area (Å²) in [5.41, 5.74) is 1.36. The highest BCUT2D eigenvalue weighted by molar-refractivity contribution is 5.76. The van der Waals surface area contributed by atoms with Gasteiger partial charge in [-0.15, -0.1) is 0 Å². The molecule has 0 bridgehead atoms. The van der Waals surface area contributed by atoms with E-state index in [0.717, 1.165) is 25.1 Å². The smallest absolute Gasteiger partial charge is 0.222 e. The lowest BCUT2D eigenvalue weighted by atomic mass is 9.98. The van der Waals surface area contributed by atoms with Crippen molar-refractivity contribution in [1.29, 1.82) is 5.26 Å². The molecule has 1 aliphatic rings. The maximum atomic E-state index is 12.5. The minimum Gasteiger partial charge on any atom is -0.493 e. The molecule has 1 aromatic carbocycles. The number of aryl methyl sites for hydroxylation is 1. The number of likely N-dealkylation sites (tertiary alicyclic amines) is 1. The van der Waals surface area contributed by atoms with Crippen LogP contribution in [-0.2, 0) is 11.2 Å². The standard InChI is InChI=1S/C21H24N4O3/c1-27-20-11-16(12-22)4-6-19(20)28-15-17-3-2-10-25(14-17)21(26)7-5-18-13-23-8-9-24-18/h4,6,8-9,11,13,17H,2-3,5,7,10,14-15H2,1H3. The summed E-state index contributed by atoms with van der Waals surface area (Å²) in [7, 11) is 1.56. The first-order valence-corrected chi connectivity index (χ1v) is 9.43. The average Bonchev–Trinajstić information content (AvgIpc) is 2.76. The Kier molecular flexibility index (Phi) is 6.79. The lowest BCUT2D eigenvalue weighted by Crippen LogP contribution is -2.41. The summed E-state index contributed by atoms with van der Waals surface area (Å²) in [4.78, 5) is 22.7. The molecule has 0 N–H and O–H groups in total. The van der Waals surface area contributed by atoms with Crippen molar-refractivity contribution >= 4 is 5.91 Å². The Labute approximate surface area is 164 Å². The fourth-order valence-corrected chi connectivity index (χ4v) is 3.34. The third kappa shape index (κ3) is 5.19. The highest BCUT2D eigenvalue weighted by Crippen LogP contribution is 2.29. The van der Waals surface area contributed by atoms with E-state index < -0.39 is 0 Å². The number of hydrogen-bond acceptors (Lipinski definition) is 6. The molecule has 146 valence electrons. The number of amides is 1. The molecule has 7 heteroatoms. The van der Waals surface area contributed by atoms with Crippen LogP contribution in [0.4, 0.5) is 0 Å². The van der Waals surface area contributed by atoms with Crippen LogP contribution in [0.1, 0.15) is 30.5 Å². The van der Waals surface area contributed by atoms with Crippen LogP contribution in [0.3, 0.4) is 0 Å². The molecule has 1 unspecified atom stereocenters. The minimum atomic E-state index is 0.145. The zero-order valence-corrected chi connectivity index (χ0v) is 16.0. The van der Waals surface area contributed by atoms with Crippen LogP contribution < -0.4 is 9.47 Å². The van der Waals surface area contributed by atoms with Crippen LogP contribution in [-0.4, -0.2) is 47.6 Å². The maximum absolute atomic E-state index is 12.5. The molecular weight excluding hydrogens is 356 g/mol. The predicted octanol–water partition coefficient (Wildman–Crippen LogP) is 2.61. The molecule has 1 fully saturated rings. The highest BCUT2D eigenvalue weighted by atomic mass is 16.5. The first-order chi connectivity index (χ1) is 13.7. The van der Waals surface area contributed by atoms with E-state index >= 15 is 0 Å². The Morgan fingerprint density at radius 2 is 2.25 bits per heavy atom. The van der Waals surface area contributed by atoms with Gasteiger partial charge in [0.15, 0.2) is 11.5 Å². The lowest BCUT2D eigenvalue weighted by molar-refractivity contribution is -0.133. The van der Waals surface area contributed by atoms with Crippen molar-refractivity contribution in [2.24, 2.45) is 5.92 Å². The van der Waals surface area contributed by atoms with Crippen molar-refractivity contribution in [3.63, 3.8) is 0 Å². The molecular formula is C21H24N4O3. The molecule has 3 rings (SSSR count). The quantitative estimate of drug-likeness (QED) is 0.734. The van der Waals surface area contributed by atoms with Gasteiger partial charge in [-0.05, 0) is 31.4 Å². The van der Waals surface area contributed by atoms with Gasteiger partial charge < -0.3 is 14.4 Å². The molecule has 1 amide bonds. The molecule has 0 saturated carbocycles. The summed E-state index contributed by atoms with van der Waals surface area (Å²) >= 11 is 0. The number of carbonyl (C=O) groups excluding carboxylic acids is 1. The van der Waals surface area contributed by atoms with Gasteiger partial charge in [0.05, 0.1) is 31.0 Å². The first-order valence-electron chi connectivity index (χ1n) is 9.43. The molecule has 0 aliphatic carbocycles. The second-order valence-corrected chi connectivity index (χ2v) is 6.83. The van der Waals surface area contributed by atoms with Gasteiger partial charge in [0.2, 0.25) is 5.91 Å². The average molecular weight is 380 g/mol. The molecule has 7 nitrogen and oxygen atoms in total. The van der Waals surface area contributed by atoms with E-state index in [-0.39, 0.29) is 11.8 Å². The van der Waals surface area contributed by atoms with Gasteiger partial charge >= 0.3 is 0 Å². The monoisotopic (exact) mass is 380 g/mol. The maximum Gasteiger partial charge on any atom is 0.222 e. The van der Waals surface area contributed by atoms with Gasteiger partial charge in [0, 0.05) is 50.1 Å². The van der Waals surface area contributed by atoms with E-state index in [1.54, 1.807) is 43.9 Å². The summed E-state index contributed by atoms with van der Waals surface area (Å²) in [5.74, 6) is 1.58. The number of nitrogens with zero attached hydrogens (tertiary/aromatic N) is 4. The van der Waals surface area contributed by atoms with Crippen LogP contribution in [0.25, 0.3) is 0 Å². The molecule has 0 radical (unpaired) electrons. The second kappa shape index (κ2) is 9.70. The predicted molar refractivity (Wildman–Crippen MR) is 103 cm³/mol. The first kappa shape index (κ1) is 19.6. The van der Waals surface area contributed by atoms with Gasteiger partial charge in [0.1, 0.15) is 0 Å². The Hall–Kier alpha value is -3.14. The SMILES string of the molecule is COc1cc(C#N)ccc1OCC1CCCN(C(=O)CCc2cnccn2)C1. The van der Waals surface area contributed by atoms with Gasteiger partial charge in [-0.25, -0.2) is 0 Å². The molecule has 1 saturated heterocycles. The zero-order valence-electron chi connectivity index (χ0n) is 16.0. The molecule has 1 atom stereocenters. The molecule has 28 heavy (non-hydrogen) atoms. The van der Waals surface area contributed by atoms with E-state index in [2.05, 4.69) is 16.0 Å². The topological polar surface area (TPSA) is 88.3 Å². The van der Waals surface area contributed by atoms with Crippen molar-refractivity contribution in [3.8, 4) is 17.6 Å². The Bertz CT molecular complexity index is 835. The third-order valence-corrected chi connectivity index (χ3v) is 4.85. The van der Waals surface area contributed by atoms with Gasteiger partial charge in [-0.3, -0.25) is 14.8 Å². The fraction of sp³-hybridized carbons (Fsp3) is 0.429. The number of rotatable bonds is 7. The number of nitriles is 1. The minimum absolute atomic E-state index is 0.145. The van der Waals surface area contributed by atoms with Gasteiger partial charge in [-0.2, -0.15) is 5.26 Å². The zero-order chi connectivity index (χ0) is 19.8. The Morgan fingerprint density at radius 1 is 1.36 bits per heavy atom. The summed E-state index contributed by atoms with van der Waals surface area (Å²) in [5, 5.41) is 8.99. The van der Waals surface area contributed by atoms with Crippen molar-refractivity contribution in [3.05, 3.63) is 48.0 Å². The van der Waals surface area contributed by atoms with Crippen LogP contribution in [0.5, 0.6) is 11.5 Å². The number of ether oxygens (including phenoxy) is 2. The normalized spacial score (nSPS) is 16.3. The summed E-state index contributed by atoms with van der Waals surface area (Å²) < 4.78 is 11.2. The number of aromatic nitrogens is 2. The molecule has 2 aromatic rings. The summed E-state index contributed by atoms with van der Waals surface area (Å²) in [6, 6.07) is 7.22. The van der Waals surface area contributed by atoms with Crippen molar-refractivity contribution in [2.75, 3.05) is 26.8 Å². The van der Waals surface area contributed by atoms with Gasteiger partial charge in [-0.1, -0.05) is 0 Å². The highest BCUT2D eigenvalue weighted by Gasteiger charge is 2.24. The molecule has 2 heterocycles. The number of hydrogen-bond donors (Lipinski definition) is 0. The third-order valence-electron chi connectivity index (χ3n) is 4.85. The lowest BCUT2D eigenvalue weighted by Gasteiger charge is -2.32.